The molecule has 1 fully saturated rings. The summed E-state index contributed by atoms with van der Waals surface area (Å²) in [5.41, 5.74) is 0. The number of hydrogen-bond donors (Lipinski definition) is 1. The lowest BCUT2D eigenvalue weighted by molar-refractivity contribution is 0.335. The van der Waals surface area contributed by atoms with Crippen molar-refractivity contribution in [3.8, 4) is 0 Å². The number of thioether (sulfide) groups is 1. The second-order valence-corrected chi connectivity index (χ2v) is 7.55. The van der Waals surface area contributed by atoms with E-state index in [0.29, 0.717) is 10.8 Å². The van der Waals surface area contributed by atoms with E-state index in [1.54, 1.807) is 0 Å². The van der Waals surface area contributed by atoms with Crippen molar-refractivity contribution < 1.29 is 0 Å². The molecule has 0 aromatic carbocycles. The molecule has 4 heteroatoms. The summed E-state index contributed by atoms with van der Waals surface area (Å²) in [6, 6.07) is 2.59. The van der Waals surface area contributed by atoms with Gasteiger partial charge in [-0.05, 0) is 53.4 Å². The maximum Gasteiger partial charge on any atom is 0.0397 e. The first kappa shape index (κ1) is 12.9. The summed E-state index contributed by atoms with van der Waals surface area (Å²) in [5, 5.41) is 5.82. The lowest BCUT2D eigenvalue weighted by Crippen LogP contribution is -2.43. The van der Waals surface area contributed by atoms with Crippen molar-refractivity contribution in [2.45, 2.75) is 37.0 Å². The number of thiophene rings is 1. The van der Waals surface area contributed by atoms with Gasteiger partial charge in [0.2, 0.25) is 0 Å². The number of hydrogen-bond acceptors (Lipinski definition) is 3. The average Bonchev–Trinajstić information content (AvgIpc) is 2.63. The van der Waals surface area contributed by atoms with Crippen LogP contribution in [0, 0.1) is 0 Å². The van der Waals surface area contributed by atoms with E-state index >= 15 is 0 Å². The Kier molecular flexibility index (Phi) is 4.38. The molecule has 1 aliphatic carbocycles. The molecule has 1 nitrogen and oxygen atoms in total. The van der Waals surface area contributed by atoms with E-state index < -0.39 is 0 Å². The van der Waals surface area contributed by atoms with Crippen LogP contribution >= 0.6 is 39.0 Å². The Hall–Kier alpha value is 0.490. The van der Waals surface area contributed by atoms with Gasteiger partial charge < -0.3 is 5.32 Å². The lowest BCUT2D eigenvalue weighted by atomic mass is 9.84. The van der Waals surface area contributed by atoms with Crippen LogP contribution < -0.4 is 5.32 Å². The van der Waals surface area contributed by atoms with E-state index in [9.17, 15) is 0 Å². The fraction of sp³-hybridized carbons (Fsp3) is 0.667. The highest BCUT2D eigenvalue weighted by Crippen LogP contribution is 2.42. The maximum absolute atomic E-state index is 3.68. The van der Waals surface area contributed by atoms with Crippen molar-refractivity contribution in [2.75, 3.05) is 12.8 Å². The summed E-state index contributed by atoms with van der Waals surface area (Å²) in [7, 11) is 0. The molecule has 0 aliphatic heterocycles. The van der Waals surface area contributed by atoms with Gasteiger partial charge in [0.15, 0.2) is 0 Å². The van der Waals surface area contributed by atoms with E-state index in [0.717, 1.165) is 6.54 Å². The molecule has 1 aliphatic rings. The minimum absolute atomic E-state index is 0.457. The second-order valence-electron chi connectivity index (χ2n) is 4.48. The van der Waals surface area contributed by atoms with Crippen LogP contribution in [0.1, 0.15) is 37.1 Å². The predicted octanol–water partition coefficient (Wildman–Crippen LogP) is 4.45. The third-order valence-corrected chi connectivity index (χ3v) is 6.94. The number of halogens is 1. The summed E-state index contributed by atoms with van der Waals surface area (Å²) >= 11 is 7.46. The van der Waals surface area contributed by atoms with E-state index in [2.05, 4.69) is 45.9 Å². The van der Waals surface area contributed by atoms with Gasteiger partial charge >= 0.3 is 0 Å². The van der Waals surface area contributed by atoms with E-state index in [-0.39, 0.29) is 0 Å². The summed E-state index contributed by atoms with van der Waals surface area (Å²) in [6.07, 6.45) is 6.39. The summed E-state index contributed by atoms with van der Waals surface area (Å²) < 4.78 is 1.77. The zero-order valence-corrected chi connectivity index (χ0v) is 13.0. The quantitative estimate of drug-likeness (QED) is 0.860. The van der Waals surface area contributed by atoms with Crippen molar-refractivity contribution in [2.24, 2.45) is 0 Å². The summed E-state index contributed by atoms with van der Waals surface area (Å²) in [4.78, 5) is 1.41. The molecule has 0 saturated heterocycles. The molecular weight excluding hydrogens is 302 g/mol. The smallest absolute Gasteiger partial charge is 0.0397 e. The SMILES string of the molecule is CSC1(CNC(C)c2sccc2Br)CCC1. The van der Waals surface area contributed by atoms with Crippen LogP contribution in [0.25, 0.3) is 0 Å². The Morgan fingerprint density at radius 2 is 2.38 bits per heavy atom. The van der Waals surface area contributed by atoms with Crippen molar-refractivity contribution >= 4 is 39.0 Å². The third kappa shape index (κ3) is 2.66. The number of rotatable bonds is 5. The molecule has 1 unspecified atom stereocenters. The predicted molar refractivity (Wildman–Crippen MR) is 78.5 cm³/mol. The Morgan fingerprint density at radius 3 is 2.81 bits per heavy atom. The topological polar surface area (TPSA) is 12.0 Å². The minimum atomic E-state index is 0.457. The Morgan fingerprint density at radius 1 is 1.62 bits per heavy atom. The lowest BCUT2D eigenvalue weighted by Gasteiger charge is -2.41. The molecule has 0 amide bonds. The van der Waals surface area contributed by atoms with Gasteiger partial charge in [0, 0.05) is 26.7 Å². The van der Waals surface area contributed by atoms with Crippen LogP contribution in [0.3, 0.4) is 0 Å². The summed E-state index contributed by atoms with van der Waals surface area (Å²) in [6.45, 7) is 3.39. The molecule has 1 N–H and O–H groups in total. The minimum Gasteiger partial charge on any atom is -0.308 e. The highest BCUT2D eigenvalue weighted by molar-refractivity contribution is 9.10. The van der Waals surface area contributed by atoms with Gasteiger partial charge in [-0.1, -0.05) is 6.42 Å². The van der Waals surface area contributed by atoms with Crippen LogP contribution in [0.5, 0.6) is 0 Å². The first-order chi connectivity index (χ1) is 7.67. The van der Waals surface area contributed by atoms with Crippen molar-refractivity contribution in [1.29, 1.82) is 0 Å². The normalized spacial score (nSPS) is 20.4. The van der Waals surface area contributed by atoms with E-state index in [1.165, 1.54) is 28.6 Å². The highest BCUT2D eigenvalue weighted by Gasteiger charge is 2.36. The molecule has 1 aromatic rings. The zero-order chi connectivity index (χ0) is 11.6. The van der Waals surface area contributed by atoms with Gasteiger partial charge in [0.1, 0.15) is 0 Å². The van der Waals surface area contributed by atoms with Gasteiger partial charge in [0.05, 0.1) is 0 Å². The fourth-order valence-electron chi connectivity index (χ4n) is 2.07. The molecule has 1 saturated carbocycles. The van der Waals surface area contributed by atoms with E-state index in [1.807, 2.05) is 23.1 Å². The Balaban J connectivity index is 1.88. The van der Waals surface area contributed by atoms with Gasteiger partial charge in [-0.2, -0.15) is 11.8 Å². The van der Waals surface area contributed by atoms with Crippen LogP contribution in [-0.2, 0) is 0 Å². The monoisotopic (exact) mass is 319 g/mol. The number of nitrogens with one attached hydrogen (secondary N) is 1. The highest BCUT2D eigenvalue weighted by atomic mass is 79.9. The third-order valence-electron chi connectivity index (χ3n) is 3.47. The summed E-state index contributed by atoms with van der Waals surface area (Å²) in [5.74, 6) is 0. The molecule has 1 atom stereocenters. The van der Waals surface area contributed by atoms with E-state index in [4.69, 9.17) is 0 Å². The van der Waals surface area contributed by atoms with Gasteiger partial charge in [0.25, 0.3) is 0 Å². The zero-order valence-electron chi connectivity index (χ0n) is 9.75. The largest absolute Gasteiger partial charge is 0.308 e. The van der Waals surface area contributed by atoms with Crippen LogP contribution in [0.15, 0.2) is 15.9 Å². The van der Waals surface area contributed by atoms with Crippen molar-refractivity contribution in [3.63, 3.8) is 0 Å². The Labute approximate surface area is 115 Å². The van der Waals surface area contributed by atoms with Crippen molar-refractivity contribution in [1.82, 2.24) is 5.32 Å². The van der Waals surface area contributed by atoms with Crippen LogP contribution in [0.4, 0.5) is 0 Å². The first-order valence-electron chi connectivity index (χ1n) is 5.68. The molecule has 1 aromatic heterocycles. The molecule has 0 radical (unpaired) electrons. The second kappa shape index (κ2) is 5.42. The van der Waals surface area contributed by atoms with Gasteiger partial charge in [-0.25, -0.2) is 0 Å². The molecule has 16 heavy (non-hydrogen) atoms. The van der Waals surface area contributed by atoms with Gasteiger partial charge in [-0.3, -0.25) is 0 Å². The molecule has 90 valence electrons. The standard InChI is InChI=1S/C12H18BrNS2/c1-9(11-10(13)4-7-16-11)14-8-12(15-2)5-3-6-12/h4,7,9,14H,3,5-6,8H2,1-2H3. The Bertz CT molecular complexity index is 341. The van der Waals surface area contributed by atoms with Gasteiger partial charge in [-0.15, -0.1) is 11.3 Å². The van der Waals surface area contributed by atoms with Crippen molar-refractivity contribution in [3.05, 3.63) is 20.8 Å². The van der Waals surface area contributed by atoms with Crippen LogP contribution in [0.2, 0.25) is 0 Å². The maximum atomic E-state index is 3.68. The molecule has 2 rings (SSSR count). The average molecular weight is 320 g/mol. The molecule has 1 heterocycles. The molecule has 0 bridgehead atoms. The molecule has 0 spiro atoms. The fourth-order valence-corrected chi connectivity index (χ4v) is 4.74. The van der Waals surface area contributed by atoms with Crippen LogP contribution in [-0.4, -0.2) is 17.5 Å². The first-order valence-corrected chi connectivity index (χ1v) is 8.58. The molecular formula is C12H18BrNS2.